The quantitative estimate of drug-likeness (QED) is 0.704. The Balaban J connectivity index is 1.69. The number of amides is 1. The van der Waals surface area contributed by atoms with Crippen LogP contribution in [-0.4, -0.2) is 56.9 Å². The first-order valence-electron chi connectivity index (χ1n) is 8.65. The van der Waals surface area contributed by atoms with E-state index in [2.05, 4.69) is 25.0 Å². The molecule has 1 aliphatic rings. The van der Waals surface area contributed by atoms with E-state index in [1.165, 1.54) is 0 Å². The van der Waals surface area contributed by atoms with Gasteiger partial charge in [-0.2, -0.15) is 4.68 Å². The molecular weight excluding hydrogens is 346 g/mol. The van der Waals surface area contributed by atoms with Crippen LogP contribution in [-0.2, 0) is 16.0 Å². The summed E-state index contributed by atoms with van der Waals surface area (Å²) in [6, 6.07) is 9.40. The van der Waals surface area contributed by atoms with E-state index in [9.17, 15) is 4.79 Å². The first-order chi connectivity index (χ1) is 13.2. The zero-order valence-electron chi connectivity index (χ0n) is 14.7. The summed E-state index contributed by atoms with van der Waals surface area (Å²) in [5.74, 6) is 1.92. The number of aromatic nitrogens is 5. The third-order valence-corrected chi connectivity index (χ3v) is 4.19. The predicted molar refractivity (Wildman–Crippen MR) is 98.3 cm³/mol. The van der Waals surface area contributed by atoms with E-state index in [0.717, 1.165) is 24.5 Å². The lowest BCUT2D eigenvalue weighted by Crippen LogP contribution is -2.36. The van der Waals surface area contributed by atoms with E-state index >= 15 is 0 Å². The van der Waals surface area contributed by atoms with Gasteiger partial charge in [-0.3, -0.25) is 4.79 Å². The molecule has 0 atom stereocenters. The van der Waals surface area contributed by atoms with Crippen molar-refractivity contribution in [3.63, 3.8) is 0 Å². The van der Waals surface area contributed by atoms with Gasteiger partial charge in [0.25, 0.3) is 0 Å². The molecule has 1 amide bonds. The van der Waals surface area contributed by atoms with Crippen LogP contribution < -0.4 is 10.6 Å². The Morgan fingerprint density at radius 2 is 1.96 bits per heavy atom. The van der Waals surface area contributed by atoms with Crippen LogP contribution in [0.2, 0.25) is 0 Å². The largest absolute Gasteiger partial charge is 0.378 e. The Hall–Kier alpha value is -3.33. The molecule has 27 heavy (non-hydrogen) atoms. The minimum Gasteiger partial charge on any atom is -0.378 e. The standard InChI is InChI=1S/C18H19N7O2/c19-14(26)11-15-22-18(25(23-15)17-3-1-2-6-20-17)13-4-5-16(21-12-13)24-7-9-27-10-8-24/h1-6,12H,7-11H2,(H2,19,26). The number of nitrogens with two attached hydrogens (primary N) is 1. The number of rotatable bonds is 5. The van der Waals surface area contributed by atoms with Crippen LogP contribution in [0.4, 0.5) is 5.82 Å². The van der Waals surface area contributed by atoms with E-state index in [4.69, 9.17) is 10.5 Å². The van der Waals surface area contributed by atoms with Crippen molar-refractivity contribution in [3.05, 3.63) is 48.5 Å². The maximum atomic E-state index is 11.3. The van der Waals surface area contributed by atoms with Crippen molar-refractivity contribution in [2.45, 2.75) is 6.42 Å². The Bertz CT molecular complexity index is 919. The molecule has 0 aliphatic carbocycles. The van der Waals surface area contributed by atoms with Gasteiger partial charge in [0.05, 0.1) is 19.6 Å². The molecule has 0 spiro atoms. The molecular formula is C18H19N7O2. The molecule has 0 aromatic carbocycles. The van der Waals surface area contributed by atoms with Crippen LogP contribution in [0.1, 0.15) is 5.82 Å². The first-order valence-corrected chi connectivity index (χ1v) is 8.65. The number of nitrogens with zero attached hydrogens (tertiary/aromatic N) is 6. The van der Waals surface area contributed by atoms with Crippen LogP contribution in [0.15, 0.2) is 42.7 Å². The Kier molecular flexibility index (Phi) is 4.75. The number of carbonyl (C=O) groups is 1. The molecule has 1 aliphatic heterocycles. The number of hydrogen-bond donors (Lipinski definition) is 1. The fourth-order valence-corrected chi connectivity index (χ4v) is 2.91. The van der Waals surface area contributed by atoms with Crippen LogP contribution in [0, 0.1) is 0 Å². The van der Waals surface area contributed by atoms with Gasteiger partial charge in [0.15, 0.2) is 17.5 Å². The number of morpholine rings is 1. The molecule has 0 bridgehead atoms. The van der Waals surface area contributed by atoms with Crippen molar-refractivity contribution >= 4 is 11.7 Å². The van der Waals surface area contributed by atoms with Crippen molar-refractivity contribution in [2.24, 2.45) is 5.73 Å². The van der Waals surface area contributed by atoms with Gasteiger partial charge in [0, 0.05) is 31.0 Å². The molecule has 0 radical (unpaired) electrons. The molecule has 138 valence electrons. The zero-order valence-corrected chi connectivity index (χ0v) is 14.7. The maximum Gasteiger partial charge on any atom is 0.225 e. The fraction of sp³-hybridized carbons (Fsp3) is 0.278. The molecule has 9 heteroatoms. The van der Waals surface area contributed by atoms with E-state index in [1.54, 1.807) is 17.1 Å². The molecule has 0 saturated carbocycles. The second-order valence-electron chi connectivity index (χ2n) is 6.10. The maximum absolute atomic E-state index is 11.3. The summed E-state index contributed by atoms with van der Waals surface area (Å²) < 4.78 is 6.98. The van der Waals surface area contributed by atoms with Crippen molar-refractivity contribution in [2.75, 3.05) is 31.2 Å². The highest BCUT2D eigenvalue weighted by Gasteiger charge is 2.17. The van der Waals surface area contributed by atoms with Crippen molar-refractivity contribution in [3.8, 4) is 17.2 Å². The summed E-state index contributed by atoms with van der Waals surface area (Å²) in [5.41, 5.74) is 6.07. The third kappa shape index (κ3) is 3.77. The Morgan fingerprint density at radius 1 is 1.11 bits per heavy atom. The van der Waals surface area contributed by atoms with Crippen LogP contribution in [0.3, 0.4) is 0 Å². The minimum absolute atomic E-state index is 0.0356. The van der Waals surface area contributed by atoms with Crippen molar-refractivity contribution in [1.29, 1.82) is 0 Å². The zero-order chi connectivity index (χ0) is 18.6. The summed E-state index contributed by atoms with van der Waals surface area (Å²) in [7, 11) is 0. The van der Waals surface area contributed by atoms with Gasteiger partial charge in [-0.15, -0.1) is 5.10 Å². The lowest BCUT2D eigenvalue weighted by Gasteiger charge is -2.27. The molecule has 3 aromatic rings. The normalized spacial score (nSPS) is 14.3. The first kappa shape index (κ1) is 17.1. The highest BCUT2D eigenvalue weighted by atomic mass is 16.5. The van der Waals surface area contributed by atoms with Crippen LogP contribution in [0.25, 0.3) is 17.2 Å². The van der Waals surface area contributed by atoms with Gasteiger partial charge in [-0.1, -0.05) is 6.07 Å². The monoisotopic (exact) mass is 365 g/mol. The minimum atomic E-state index is -0.486. The van der Waals surface area contributed by atoms with E-state index in [0.29, 0.717) is 30.7 Å². The van der Waals surface area contributed by atoms with Gasteiger partial charge in [-0.05, 0) is 24.3 Å². The smallest absolute Gasteiger partial charge is 0.225 e. The van der Waals surface area contributed by atoms with E-state index < -0.39 is 5.91 Å². The van der Waals surface area contributed by atoms with Crippen molar-refractivity contribution < 1.29 is 9.53 Å². The molecule has 1 saturated heterocycles. The SMILES string of the molecule is NC(=O)Cc1nc(-c2ccc(N3CCOCC3)nc2)n(-c2ccccn2)n1. The average molecular weight is 365 g/mol. The van der Waals surface area contributed by atoms with E-state index in [-0.39, 0.29) is 6.42 Å². The summed E-state index contributed by atoms with van der Waals surface area (Å²) in [5, 5.41) is 4.40. The summed E-state index contributed by atoms with van der Waals surface area (Å²) in [6.45, 7) is 3.04. The van der Waals surface area contributed by atoms with Gasteiger partial charge >= 0.3 is 0 Å². The number of carbonyl (C=O) groups excluding carboxylic acids is 1. The van der Waals surface area contributed by atoms with Crippen LogP contribution >= 0.6 is 0 Å². The average Bonchev–Trinajstić information content (AvgIpc) is 3.12. The molecule has 3 aromatic heterocycles. The second-order valence-corrected chi connectivity index (χ2v) is 6.10. The lowest BCUT2D eigenvalue weighted by molar-refractivity contribution is -0.117. The molecule has 1 fully saturated rings. The number of pyridine rings is 2. The topological polar surface area (TPSA) is 112 Å². The second kappa shape index (κ2) is 7.50. The van der Waals surface area contributed by atoms with Gasteiger partial charge in [-0.25, -0.2) is 15.0 Å². The summed E-state index contributed by atoms with van der Waals surface area (Å²) in [4.78, 5) is 26.8. The third-order valence-electron chi connectivity index (χ3n) is 4.19. The summed E-state index contributed by atoms with van der Waals surface area (Å²) in [6.07, 6.45) is 3.39. The van der Waals surface area contributed by atoms with Crippen LogP contribution in [0.5, 0.6) is 0 Å². The highest BCUT2D eigenvalue weighted by Crippen LogP contribution is 2.22. The van der Waals surface area contributed by atoms with Gasteiger partial charge < -0.3 is 15.4 Å². The Morgan fingerprint density at radius 3 is 2.63 bits per heavy atom. The number of hydrogen-bond acceptors (Lipinski definition) is 7. The van der Waals surface area contributed by atoms with Crippen molar-refractivity contribution in [1.82, 2.24) is 24.7 Å². The molecule has 4 heterocycles. The predicted octanol–water partition coefficient (Wildman–Crippen LogP) is 0.589. The van der Waals surface area contributed by atoms with Gasteiger partial charge in [0.2, 0.25) is 5.91 Å². The number of anilines is 1. The lowest BCUT2D eigenvalue weighted by atomic mass is 10.2. The molecule has 0 unspecified atom stereocenters. The van der Waals surface area contributed by atoms with Gasteiger partial charge in [0.1, 0.15) is 5.82 Å². The highest BCUT2D eigenvalue weighted by molar-refractivity contribution is 5.75. The molecule has 9 nitrogen and oxygen atoms in total. The van der Waals surface area contributed by atoms with E-state index in [1.807, 2.05) is 30.3 Å². The fourth-order valence-electron chi connectivity index (χ4n) is 2.91. The Labute approximate surface area is 155 Å². The summed E-state index contributed by atoms with van der Waals surface area (Å²) >= 11 is 0. The molecule has 2 N–H and O–H groups in total. The molecule has 4 rings (SSSR count). The number of ether oxygens (including phenoxy) is 1. The number of primary amides is 1.